The Morgan fingerprint density at radius 3 is 2.40 bits per heavy atom. The second-order valence-electron chi connectivity index (χ2n) is 18.0. The van der Waals surface area contributed by atoms with Gasteiger partial charge in [-0.15, -0.1) is 0 Å². The van der Waals surface area contributed by atoms with Gasteiger partial charge in [0.05, 0.1) is 19.2 Å². The van der Waals surface area contributed by atoms with Crippen LogP contribution >= 0.6 is 0 Å². The summed E-state index contributed by atoms with van der Waals surface area (Å²) >= 11 is 0. The number of benzene rings is 3. The summed E-state index contributed by atoms with van der Waals surface area (Å²) in [5.74, 6) is -3.14. The van der Waals surface area contributed by atoms with Crippen LogP contribution in [0.15, 0.2) is 78.9 Å². The number of nitrogens with one attached hydrogen (secondary N) is 2. The predicted molar refractivity (Wildman–Crippen MR) is 223 cm³/mol. The summed E-state index contributed by atoms with van der Waals surface area (Å²) in [4.78, 5) is 75.6. The zero-order valence-electron chi connectivity index (χ0n) is 35.6. The van der Waals surface area contributed by atoms with Crippen molar-refractivity contribution in [1.29, 1.82) is 0 Å². The molecule has 62 heavy (non-hydrogen) atoms. The first-order valence-electron chi connectivity index (χ1n) is 21.1. The van der Waals surface area contributed by atoms with E-state index in [1.165, 1.54) is 16.0 Å². The number of carbonyl (C=O) groups excluding carboxylic acids is 5. The molecule has 3 aliphatic heterocycles. The third-order valence-electron chi connectivity index (χ3n) is 12.3. The first-order chi connectivity index (χ1) is 29.6. The van der Waals surface area contributed by atoms with Crippen molar-refractivity contribution < 1.29 is 52.9 Å². The van der Waals surface area contributed by atoms with Gasteiger partial charge in [0.15, 0.2) is 11.8 Å². The van der Waals surface area contributed by atoms with Crippen molar-refractivity contribution >= 4 is 35.7 Å². The number of rotatable bonds is 13. The van der Waals surface area contributed by atoms with E-state index in [9.17, 15) is 29.1 Å². The Hall–Kier alpha value is -5.45. The van der Waals surface area contributed by atoms with E-state index >= 15 is 0 Å². The Bertz CT molecular complexity index is 2250. The maximum absolute atomic E-state index is 15.0. The standard InChI is InChI=1S/C47H54N4O11/c1-45(2,3)59-37(54)20-18-34(27-52)49-42(55)30-16-10-11-28(21-30)25-48-44(57)47-24-35-38-39(61-46(60-38)22-31-13-7-8-14-32(31)23-46)41(47)62-51(40(47)43(56)58-35)26-33-15-9-6-12-29(33)17-19-36(53)50(4)5/h6-17,19,21,34-35,38-41,52H,18,20,22-27H2,1-5H3,(H,48,57)(H,49,55)/t34-,35+,38-,39-,40-,41+,47-/m0/s1. The van der Waals surface area contributed by atoms with Gasteiger partial charge in [0.1, 0.15) is 35.4 Å². The molecule has 3 heterocycles. The predicted octanol–water partition coefficient (Wildman–Crippen LogP) is 3.40. The highest BCUT2D eigenvalue weighted by Gasteiger charge is 2.76. The van der Waals surface area contributed by atoms with Crippen LogP contribution in [0.2, 0.25) is 0 Å². The first-order valence-corrected chi connectivity index (χ1v) is 21.1. The molecule has 0 aromatic heterocycles. The highest BCUT2D eigenvalue weighted by molar-refractivity contribution is 5.95. The molecule has 3 saturated heterocycles. The number of aliphatic hydroxyl groups is 1. The molecule has 2 aliphatic carbocycles. The first kappa shape index (κ1) is 43.2. The van der Waals surface area contributed by atoms with E-state index in [1.807, 2.05) is 48.5 Å². The summed E-state index contributed by atoms with van der Waals surface area (Å²) < 4.78 is 25.2. The van der Waals surface area contributed by atoms with Gasteiger partial charge in [-0.2, -0.15) is 5.06 Å². The lowest BCUT2D eigenvalue weighted by molar-refractivity contribution is -0.217. The number of hydroxylamine groups is 2. The highest BCUT2D eigenvalue weighted by Crippen LogP contribution is 2.58. The monoisotopic (exact) mass is 850 g/mol. The molecule has 1 spiro atoms. The zero-order valence-corrected chi connectivity index (χ0v) is 35.6. The van der Waals surface area contributed by atoms with Crippen molar-refractivity contribution in [2.75, 3.05) is 20.7 Å². The van der Waals surface area contributed by atoms with Crippen molar-refractivity contribution in [1.82, 2.24) is 20.6 Å². The van der Waals surface area contributed by atoms with Crippen LogP contribution in [0.25, 0.3) is 6.08 Å². The summed E-state index contributed by atoms with van der Waals surface area (Å²) in [6.45, 7) is 5.03. The molecule has 0 radical (unpaired) electrons. The molecule has 8 rings (SSSR count). The van der Waals surface area contributed by atoms with Gasteiger partial charge in [0.2, 0.25) is 11.8 Å². The fourth-order valence-corrected chi connectivity index (χ4v) is 9.41. The molecule has 328 valence electrons. The van der Waals surface area contributed by atoms with Crippen molar-refractivity contribution in [3.05, 3.63) is 112 Å². The van der Waals surface area contributed by atoms with E-state index in [2.05, 4.69) is 10.6 Å². The van der Waals surface area contributed by atoms with Crippen LogP contribution in [0, 0.1) is 5.41 Å². The fourth-order valence-electron chi connectivity index (χ4n) is 9.41. The van der Waals surface area contributed by atoms with Crippen LogP contribution in [-0.4, -0.2) is 113 Å². The molecule has 1 saturated carbocycles. The highest BCUT2D eigenvalue weighted by atomic mass is 16.8. The minimum atomic E-state index is -1.45. The van der Waals surface area contributed by atoms with E-state index in [0.717, 1.165) is 22.3 Å². The smallest absolute Gasteiger partial charge is 0.327 e. The fraction of sp³-hybridized carbons (Fsp3) is 0.468. The molecule has 7 atom stereocenters. The summed E-state index contributed by atoms with van der Waals surface area (Å²) in [5.41, 5.74) is 2.50. The number of likely N-dealkylation sites (N-methyl/N-ethyl adjacent to an activating group) is 1. The maximum atomic E-state index is 15.0. The number of aliphatic hydroxyl groups excluding tert-OH is 1. The Labute approximate surface area is 360 Å². The second kappa shape index (κ2) is 17.0. The largest absolute Gasteiger partial charge is 0.460 e. The number of carbonyl (C=O) groups is 5. The van der Waals surface area contributed by atoms with Crippen LogP contribution in [0.3, 0.4) is 0 Å². The molecule has 3 aromatic rings. The van der Waals surface area contributed by atoms with Crippen molar-refractivity contribution in [3.63, 3.8) is 0 Å². The zero-order chi connectivity index (χ0) is 44.0. The number of fused-ring (bicyclic) bond motifs is 5. The molecular weight excluding hydrogens is 797 g/mol. The topological polar surface area (TPSA) is 182 Å². The number of esters is 2. The summed E-state index contributed by atoms with van der Waals surface area (Å²) in [7, 11) is 3.34. The van der Waals surface area contributed by atoms with Gasteiger partial charge in [-0.25, -0.2) is 0 Å². The van der Waals surface area contributed by atoms with Gasteiger partial charge in [-0.1, -0.05) is 60.7 Å². The Balaban J connectivity index is 1.04. The average molecular weight is 851 g/mol. The van der Waals surface area contributed by atoms with Gasteiger partial charge in [0, 0.05) is 58.0 Å². The van der Waals surface area contributed by atoms with E-state index in [1.54, 1.807) is 65.2 Å². The van der Waals surface area contributed by atoms with Crippen molar-refractivity contribution in [2.45, 2.75) is 114 Å². The molecular formula is C47H54N4O11. The van der Waals surface area contributed by atoms with Gasteiger partial charge in [0.25, 0.3) is 5.91 Å². The Kier molecular flexibility index (Phi) is 11.9. The van der Waals surface area contributed by atoms with Gasteiger partial charge >= 0.3 is 11.9 Å². The average Bonchev–Trinajstić information content (AvgIpc) is 3.91. The molecule has 3 N–H and O–H groups in total. The molecule has 3 aromatic carbocycles. The van der Waals surface area contributed by atoms with E-state index in [0.29, 0.717) is 24.0 Å². The van der Waals surface area contributed by atoms with Crippen molar-refractivity contribution in [3.8, 4) is 0 Å². The van der Waals surface area contributed by atoms with Gasteiger partial charge < -0.3 is 39.6 Å². The minimum Gasteiger partial charge on any atom is -0.460 e. The van der Waals surface area contributed by atoms with Crippen molar-refractivity contribution in [2.24, 2.45) is 5.41 Å². The maximum Gasteiger partial charge on any atom is 0.327 e. The third kappa shape index (κ3) is 8.51. The number of ether oxygens (including phenoxy) is 4. The minimum absolute atomic E-state index is 0.0150. The number of nitrogens with zero attached hydrogens (tertiary/aromatic N) is 2. The lowest BCUT2D eigenvalue weighted by Crippen LogP contribution is -2.69. The summed E-state index contributed by atoms with van der Waals surface area (Å²) in [5, 5.41) is 17.4. The normalized spacial score (nSPS) is 26.1. The SMILES string of the molecule is CN(C)C(=O)C=Cc1ccccc1CN1O[C@@H]2[C@H]3OC4(Cc5ccccc5C4)O[C@H]3[C@H]3C[C@]2(C(=O)NCc2cccc(C(=O)N[C@H](CO)CCC(=O)OC(C)(C)C)c2)[C@@H]1C(=O)O3. The van der Waals surface area contributed by atoms with E-state index in [-0.39, 0.29) is 44.9 Å². The summed E-state index contributed by atoms with van der Waals surface area (Å²) in [6.07, 6.45) is 1.33. The van der Waals surface area contributed by atoms with E-state index in [4.69, 9.17) is 23.8 Å². The Morgan fingerprint density at radius 2 is 1.69 bits per heavy atom. The lowest BCUT2D eigenvalue weighted by atomic mass is 9.62. The molecule has 2 bridgehead atoms. The molecule has 5 aliphatic rings. The van der Waals surface area contributed by atoms with Crippen LogP contribution in [-0.2, 0) is 68.9 Å². The third-order valence-corrected chi connectivity index (χ3v) is 12.3. The molecule has 4 fully saturated rings. The number of hydrogen-bond acceptors (Lipinski definition) is 12. The van der Waals surface area contributed by atoms with Crippen LogP contribution in [0.1, 0.15) is 78.2 Å². The quantitative estimate of drug-likeness (QED) is 0.169. The van der Waals surface area contributed by atoms with E-state index < -0.39 is 77.1 Å². The van der Waals surface area contributed by atoms with Gasteiger partial charge in [-0.05, 0) is 73.2 Å². The number of amides is 3. The number of hydrogen-bond donors (Lipinski definition) is 3. The lowest BCUT2D eigenvalue weighted by Gasteiger charge is -2.48. The molecule has 15 heteroatoms. The summed E-state index contributed by atoms with van der Waals surface area (Å²) in [6, 6.07) is 20.4. The van der Waals surface area contributed by atoms with Crippen LogP contribution in [0.5, 0.6) is 0 Å². The second-order valence-corrected chi connectivity index (χ2v) is 18.0. The van der Waals surface area contributed by atoms with Crippen LogP contribution in [0.4, 0.5) is 0 Å². The van der Waals surface area contributed by atoms with Crippen LogP contribution < -0.4 is 10.6 Å². The molecule has 3 amide bonds. The Morgan fingerprint density at radius 1 is 0.984 bits per heavy atom. The van der Waals surface area contributed by atoms with Gasteiger partial charge in [-0.3, -0.25) is 28.8 Å². The molecule has 15 nitrogen and oxygen atoms in total. The molecule has 0 unspecified atom stereocenters.